The molecule has 0 aliphatic carbocycles. The molecule has 0 heterocycles. The topological polar surface area (TPSA) is 137 Å². The average Bonchev–Trinajstić information content (AvgIpc) is 2.83. The molecule has 0 spiro atoms. The maximum absolute atomic E-state index is 12.5. The Hall–Kier alpha value is -4.44. The minimum absolute atomic E-state index is 0.0843. The summed E-state index contributed by atoms with van der Waals surface area (Å²) in [7, 11) is 1.50. The van der Waals surface area contributed by atoms with Crippen LogP contribution in [-0.4, -0.2) is 36.4 Å². The van der Waals surface area contributed by atoms with E-state index in [0.717, 1.165) is 12.1 Å². The van der Waals surface area contributed by atoms with Gasteiger partial charge in [0.2, 0.25) is 0 Å². The summed E-state index contributed by atoms with van der Waals surface area (Å²) in [5.41, 5.74) is 0.348. The number of esters is 1. The van der Waals surface area contributed by atoms with E-state index in [4.69, 9.17) is 21.1 Å². The predicted octanol–water partition coefficient (Wildman–Crippen LogP) is 4.30. The molecule has 2 N–H and O–H groups in total. The van der Waals surface area contributed by atoms with Gasteiger partial charge in [-0.05, 0) is 48.5 Å². The lowest BCUT2D eigenvalue weighted by Crippen LogP contribution is -2.21. The molecule has 0 saturated carbocycles. The first-order valence-corrected chi connectivity index (χ1v) is 10.1. The Morgan fingerprint density at radius 2 is 1.71 bits per heavy atom. The zero-order valence-corrected chi connectivity index (χ0v) is 18.5. The molecule has 0 unspecified atom stereocenters. The SMILES string of the molecule is COc1ccccc1NC(=O)c1ccc(NC(=O)COC(=O)c2ccc(Cl)cc2[N+](=O)[O-])cc1. The van der Waals surface area contributed by atoms with Crippen LogP contribution < -0.4 is 15.4 Å². The van der Waals surface area contributed by atoms with Crippen molar-refractivity contribution in [3.05, 3.63) is 93.0 Å². The first-order chi connectivity index (χ1) is 16.3. The predicted molar refractivity (Wildman–Crippen MR) is 124 cm³/mol. The van der Waals surface area contributed by atoms with E-state index in [1.165, 1.54) is 37.4 Å². The van der Waals surface area contributed by atoms with Gasteiger partial charge in [-0.15, -0.1) is 0 Å². The summed E-state index contributed by atoms with van der Waals surface area (Å²) >= 11 is 5.72. The number of anilines is 2. The van der Waals surface area contributed by atoms with E-state index in [0.29, 0.717) is 22.7 Å². The summed E-state index contributed by atoms with van der Waals surface area (Å²) in [6.07, 6.45) is 0. The Morgan fingerprint density at radius 3 is 2.38 bits per heavy atom. The van der Waals surface area contributed by atoms with Crippen molar-refractivity contribution >= 4 is 46.4 Å². The third-order valence-electron chi connectivity index (χ3n) is 4.50. The van der Waals surface area contributed by atoms with Gasteiger partial charge in [0.15, 0.2) is 6.61 Å². The van der Waals surface area contributed by atoms with Crippen LogP contribution in [0.2, 0.25) is 5.02 Å². The molecule has 0 bridgehead atoms. The number of carbonyl (C=O) groups excluding carboxylic acids is 3. The number of benzene rings is 3. The van der Waals surface area contributed by atoms with Crippen molar-refractivity contribution in [3.8, 4) is 5.75 Å². The van der Waals surface area contributed by atoms with Gasteiger partial charge in [-0.3, -0.25) is 19.7 Å². The van der Waals surface area contributed by atoms with Gasteiger partial charge in [-0.25, -0.2) is 4.79 Å². The van der Waals surface area contributed by atoms with Crippen LogP contribution >= 0.6 is 11.6 Å². The Balaban J connectivity index is 1.56. The number of halogens is 1. The summed E-state index contributed by atoms with van der Waals surface area (Å²) in [5.74, 6) is -1.57. The lowest BCUT2D eigenvalue weighted by Gasteiger charge is -2.10. The zero-order valence-electron chi connectivity index (χ0n) is 17.7. The molecular formula is C23H18ClN3O7. The molecule has 3 aromatic carbocycles. The lowest BCUT2D eigenvalue weighted by molar-refractivity contribution is -0.385. The highest BCUT2D eigenvalue weighted by atomic mass is 35.5. The third-order valence-corrected chi connectivity index (χ3v) is 4.73. The summed E-state index contributed by atoms with van der Waals surface area (Å²) in [6.45, 7) is -0.672. The van der Waals surface area contributed by atoms with E-state index in [-0.39, 0.29) is 16.5 Å². The average molecular weight is 484 g/mol. The van der Waals surface area contributed by atoms with Gasteiger partial charge in [0.1, 0.15) is 11.3 Å². The van der Waals surface area contributed by atoms with Crippen LogP contribution in [0.25, 0.3) is 0 Å². The van der Waals surface area contributed by atoms with Crippen LogP contribution in [0.15, 0.2) is 66.7 Å². The van der Waals surface area contributed by atoms with Crippen LogP contribution in [-0.2, 0) is 9.53 Å². The van der Waals surface area contributed by atoms with Crippen LogP contribution in [0.4, 0.5) is 17.1 Å². The van der Waals surface area contributed by atoms with Crippen molar-refractivity contribution in [2.75, 3.05) is 24.4 Å². The number of amides is 2. The molecule has 0 saturated heterocycles. The fourth-order valence-electron chi connectivity index (χ4n) is 2.88. The van der Waals surface area contributed by atoms with Crippen molar-refractivity contribution in [1.29, 1.82) is 0 Å². The second-order valence-corrected chi connectivity index (χ2v) is 7.21. The minimum Gasteiger partial charge on any atom is -0.495 e. The van der Waals surface area contributed by atoms with Crippen LogP contribution in [0, 0.1) is 10.1 Å². The number of ether oxygens (including phenoxy) is 2. The maximum atomic E-state index is 12.5. The summed E-state index contributed by atoms with van der Waals surface area (Å²) in [4.78, 5) is 47.0. The largest absolute Gasteiger partial charge is 0.495 e. The van der Waals surface area contributed by atoms with Crippen molar-refractivity contribution in [2.45, 2.75) is 0 Å². The molecule has 0 fully saturated rings. The van der Waals surface area contributed by atoms with E-state index in [1.807, 2.05) is 0 Å². The molecule has 0 atom stereocenters. The van der Waals surface area contributed by atoms with Gasteiger partial charge >= 0.3 is 5.97 Å². The third kappa shape index (κ3) is 6.08. The van der Waals surface area contributed by atoms with Gasteiger partial charge in [-0.2, -0.15) is 0 Å². The zero-order chi connectivity index (χ0) is 24.7. The molecule has 2 amide bonds. The standard InChI is InChI=1S/C23H18ClN3O7/c1-33-20-5-3-2-4-18(20)26-22(29)14-6-9-16(10-7-14)25-21(28)13-34-23(30)17-11-8-15(24)12-19(17)27(31)32/h2-12H,13H2,1H3,(H,25,28)(H,26,29). The molecule has 11 heteroatoms. The van der Waals surface area contributed by atoms with Crippen LogP contribution in [0.1, 0.15) is 20.7 Å². The fourth-order valence-corrected chi connectivity index (χ4v) is 3.05. The molecule has 0 aromatic heterocycles. The summed E-state index contributed by atoms with van der Waals surface area (Å²) in [6, 6.07) is 16.4. The van der Waals surface area contributed by atoms with Gasteiger partial charge in [-0.1, -0.05) is 23.7 Å². The number of methoxy groups -OCH3 is 1. The number of nitrogens with one attached hydrogen (secondary N) is 2. The number of nitrogens with zero attached hydrogens (tertiary/aromatic N) is 1. The van der Waals surface area contributed by atoms with Gasteiger partial charge in [0.25, 0.3) is 17.5 Å². The van der Waals surface area contributed by atoms with Crippen molar-refractivity contribution in [1.82, 2.24) is 0 Å². The number of nitro groups is 1. The summed E-state index contributed by atoms with van der Waals surface area (Å²) < 4.78 is 10.1. The summed E-state index contributed by atoms with van der Waals surface area (Å²) in [5, 5.41) is 16.4. The lowest BCUT2D eigenvalue weighted by atomic mass is 10.2. The Labute approximate surface area is 198 Å². The Bertz CT molecular complexity index is 1250. The molecule has 0 aliphatic heterocycles. The number of hydrogen-bond donors (Lipinski definition) is 2. The minimum atomic E-state index is -1.04. The first kappa shape index (κ1) is 24.2. The van der Waals surface area contributed by atoms with Gasteiger partial charge in [0, 0.05) is 22.3 Å². The quantitative estimate of drug-likeness (QED) is 0.277. The number of nitro benzene ring substituents is 1. The van der Waals surface area contributed by atoms with E-state index >= 15 is 0 Å². The van der Waals surface area contributed by atoms with Gasteiger partial charge in [0.05, 0.1) is 17.7 Å². The number of rotatable bonds is 8. The van der Waals surface area contributed by atoms with E-state index in [2.05, 4.69) is 10.6 Å². The second kappa shape index (κ2) is 10.9. The molecule has 10 nitrogen and oxygen atoms in total. The van der Waals surface area contributed by atoms with Gasteiger partial charge < -0.3 is 20.1 Å². The van der Waals surface area contributed by atoms with Crippen molar-refractivity contribution in [3.63, 3.8) is 0 Å². The number of carbonyl (C=O) groups is 3. The number of hydrogen-bond acceptors (Lipinski definition) is 7. The first-order valence-electron chi connectivity index (χ1n) is 9.74. The Morgan fingerprint density at radius 1 is 1.00 bits per heavy atom. The monoisotopic (exact) mass is 483 g/mol. The fraction of sp³-hybridized carbons (Fsp3) is 0.0870. The van der Waals surface area contributed by atoms with E-state index in [9.17, 15) is 24.5 Å². The molecule has 0 radical (unpaired) electrons. The van der Waals surface area contributed by atoms with E-state index < -0.39 is 29.1 Å². The molecule has 0 aliphatic rings. The van der Waals surface area contributed by atoms with Crippen molar-refractivity contribution < 1.29 is 28.8 Å². The maximum Gasteiger partial charge on any atom is 0.345 e. The van der Waals surface area contributed by atoms with Crippen LogP contribution in [0.3, 0.4) is 0 Å². The molecule has 34 heavy (non-hydrogen) atoms. The molecule has 3 aromatic rings. The highest BCUT2D eigenvalue weighted by molar-refractivity contribution is 6.31. The second-order valence-electron chi connectivity index (χ2n) is 6.77. The Kier molecular flexibility index (Phi) is 7.78. The molecular weight excluding hydrogens is 466 g/mol. The smallest absolute Gasteiger partial charge is 0.345 e. The van der Waals surface area contributed by atoms with Crippen LogP contribution in [0.5, 0.6) is 5.75 Å². The number of para-hydroxylation sites is 2. The highest BCUT2D eigenvalue weighted by Crippen LogP contribution is 2.25. The highest BCUT2D eigenvalue weighted by Gasteiger charge is 2.22. The molecule has 174 valence electrons. The van der Waals surface area contributed by atoms with Crippen molar-refractivity contribution in [2.24, 2.45) is 0 Å². The molecule has 3 rings (SSSR count). The normalized spacial score (nSPS) is 10.2. The van der Waals surface area contributed by atoms with E-state index in [1.54, 1.807) is 24.3 Å².